The number of carbonyl (C=O) groups excluding carboxylic acids is 2. The van der Waals surface area contributed by atoms with E-state index in [0.717, 1.165) is 19.4 Å². The largest absolute Gasteiger partial charge is 0.366 e. The lowest BCUT2D eigenvalue weighted by Gasteiger charge is -2.25. The summed E-state index contributed by atoms with van der Waals surface area (Å²) in [4.78, 5) is 26.5. The van der Waals surface area contributed by atoms with Gasteiger partial charge in [-0.1, -0.05) is 18.2 Å². The van der Waals surface area contributed by atoms with E-state index in [0.29, 0.717) is 10.4 Å². The zero-order chi connectivity index (χ0) is 16.6. The third-order valence-electron chi connectivity index (χ3n) is 4.52. The van der Waals surface area contributed by atoms with Gasteiger partial charge >= 0.3 is 0 Å². The van der Waals surface area contributed by atoms with Gasteiger partial charge in [0.1, 0.15) is 0 Å². The minimum Gasteiger partial charge on any atom is -0.366 e. The van der Waals surface area contributed by atoms with E-state index in [-0.39, 0.29) is 11.9 Å². The van der Waals surface area contributed by atoms with Crippen LogP contribution in [0.2, 0.25) is 0 Å². The molecule has 5 heteroatoms. The summed E-state index contributed by atoms with van der Waals surface area (Å²) < 4.78 is 0. The molecule has 2 amide bonds. The van der Waals surface area contributed by atoms with Crippen molar-refractivity contribution in [3.8, 4) is 0 Å². The van der Waals surface area contributed by atoms with Crippen LogP contribution >= 0.6 is 11.3 Å². The van der Waals surface area contributed by atoms with E-state index in [1.807, 2.05) is 4.90 Å². The van der Waals surface area contributed by atoms with Gasteiger partial charge in [0.15, 0.2) is 0 Å². The van der Waals surface area contributed by atoms with E-state index in [1.165, 1.54) is 28.0 Å². The summed E-state index contributed by atoms with van der Waals surface area (Å²) in [5, 5.41) is 1.65. The highest BCUT2D eigenvalue weighted by Crippen LogP contribution is 2.34. The molecule has 120 valence electrons. The second kappa shape index (κ2) is 6.16. The quantitative estimate of drug-likeness (QED) is 0.938. The fourth-order valence-corrected chi connectivity index (χ4v) is 3.90. The third-order valence-corrected chi connectivity index (χ3v) is 5.44. The van der Waals surface area contributed by atoms with Gasteiger partial charge in [-0.15, -0.1) is 11.3 Å². The fraction of sp³-hybridized carbons (Fsp3) is 0.333. The minimum atomic E-state index is -0.493. The highest BCUT2D eigenvalue weighted by molar-refractivity contribution is 7.12. The Morgan fingerprint density at radius 2 is 2.00 bits per heavy atom. The van der Waals surface area contributed by atoms with Crippen molar-refractivity contribution in [3.05, 3.63) is 56.8 Å². The van der Waals surface area contributed by atoms with Crippen LogP contribution in [0.4, 0.5) is 0 Å². The minimum absolute atomic E-state index is 0.0109. The number of nitrogens with zero attached hydrogens (tertiary/aromatic N) is 1. The number of hydrogen-bond acceptors (Lipinski definition) is 3. The summed E-state index contributed by atoms with van der Waals surface area (Å²) in [7, 11) is 0. The number of thiophene rings is 1. The molecule has 23 heavy (non-hydrogen) atoms. The second-order valence-corrected chi connectivity index (χ2v) is 6.98. The van der Waals surface area contributed by atoms with Gasteiger partial charge in [0.2, 0.25) is 5.91 Å². The molecular formula is C18H20N2O2S. The maximum Gasteiger partial charge on any atom is 0.264 e. The molecule has 2 N–H and O–H groups in total. The molecule has 0 saturated carbocycles. The predicted molar refractivity (Wildman–Crippen MR) is 91.8 cm³/mol. The summed E-state index contributed by atoms with van der Waals surface area (Å²) in [6.07, 6.45) is 1.97. The van der Waals surface area contributed by atoms with E-state index in [4.69, 9.17) is 5.73 Å². The van der Waals surface area contributed by atoms with Crippen molar-refractivity contribution < 1.29 is 9.59 Å². The zero-order valence-corrected chi connectivity index (χ0v) is 14.2. The Morgan fingerprint density at radius 1 is 1.22 bits per heavy atom. The van der Waals surface area contributed by atoms with E-state index in [9.17, 15) is 9.59 Å². The van der Waals surface area contributed by atoms with Crippen molar-refractivity contribution in [2.24, 2.45) is 5.73 Å². The first-order valence-corrected chi connectivity index (χ1v) is 8.62. The van der Waals surface area contributed by atoms with E-state index in [1.54, 1.807) is 11.4 Å². The highest BCUT2D eigenvalue weighted by Gasteiger charge is 2.31. The van der Waals surface area contributed by atoms with Crippen molar-refractivity contribution in [1.82, 2.24) is 4.90 Å². The van der Waals surface area contributed by atoms with Crippen LogP contribution in [-0.2, 0) is 0 Å². The number of benzene rings is 1. The van der Waals surface area contributed by atoms with Crippen molar-refractivity contribution in [1.29, 1.82) is 0 Å². The molecule has 2 aromatic rings. The monoisotopic (exact) mass is 328 g/mol. The lowest BCUT2D eigenvalue weighted by molar-refractivity contribution is 0.0740. The molecule has 1 aromatic carbocycles. The van der Waals surface area contributed by atoms with Gasteiger partial charge in [-0.05, 0) is 49.4 Å². The van der Waals surface area contributed by atoms with Crippen LogP contribution < -0.4 is 5.73 Å². The van der Waals surface area contributed by atoms with Crippen LogP contribution in [0.5, 0.6) is 0 Å². The number of primary amides is 1. The lowest BCUT2D eigenvalue weighted by Crippen LogP contribution is -2.30. The van der Waals surface area contributed by atoms with Crippen molar-refractivity contribution in [2.45, 2.75) is 32.7 Å². The van der Waals surface area contributed by atoms with Crippen LogP contribution in [0.1, 0.15) is 55.6 Å². The molecule has 2 heterocycles. The van der Waals surface area contributed by atoms with Crippen LogP contribution in [0, 0.1) is 13.8 Å². The molecule has 1 unspecified atom stereocenters. The topological polar surface area (TPSA) is 63.4 Å². The molecule has 1 fully saturated rings. The van der Waals surface area contributed by atoms with Gasteiger partial charge in [0.05, 0.1) is 16.5 Å². The summed E-state index contributed by atoms with van der Waals surface area (Å²) in [6.45, 7) is 4.94. The molecule has 1 atom stereocenters. The highest BCUT2D eigenvalue weighted by atomic mass is 32.1. The Hall–Kier alpha value is -2.14. The summed E-state index contributed by atoms with van der Waals surface area (Å²) >= 11 is 1.28. The van der Waals surface area contributed by atoms with Gasteiger partial charge in [0.25, 0.3) is 5.91 Å². The molecule has 1 aliphatic heterocycles. The average molecular weight is 328 g/mol. The number of rotatable bonds is 3. The van der Waals surface area contributed by atoms with E-state index in [2.05, 4.69) is 32.0 Å². The van der Waals surface area contributed by atoms with E-state index >= 15 is 0 Å². The molecule has 0 spiro atoms. The van der Waals surface area contributed by atoms with E-state index < -0.39 is 5.91 Å². The van der Waals surface area contributed by atoms with Gasteiger partial charge < -0.3 is 10.6 Å². The zero-order valence-electron chi connectivity index (χ0n) is 13.3. The van der Waals surface area contributed by atoms with Crippen LogP contribution in [0.15, 0.2) is 29.6 Å². The van der Waals surface area contributed by atoms with Gasteiger partial charge in [-0.3, -0.25) is 9.59 Å². The smallest absolute Gasteiger partial charge is 0.264 e. The molecular weight excluding hydrogens is 308 g/mol. The standard InChI is InChI=1S/C18H20N2O2S/c1-11-5-6-13(8-12(11)2)15-4-3-7-20(15)18(22)16-9-14(10-23-16)17(19)21/h5-6,8-10,15H,3-4,7H2,1-2H3,(H2,19,21). The van der Waals surface area contributed by atoms with Crippen LogP contribution in [0.25, 0.3) is 0 Å². The van der Waals surface area contributed by atoms with Crippen molar-refractivity contribution >= 4 is 23.2 Å². The predicted octanol–water partition coefficient (Wildman–Crippen LogP) is 3.44. The molecule has 4 nitrogen and oxygen atoms in total. The molecule has 1 aromatic heterocycles. The van der Waals surface area contributed by atoms with Crippen LogP contribution in [-0.4, -0.2) is 23.3 Å². The Morgan fingerprint density at radius 3 is 2.65 bits per heavy atom. The van der Waals surface area contributed by atoms with Crippen molar-refractivity contribution in [3.63, 3.8) is 0 Å². The Bertz CT molecular complexity index is 766. The first-order valence-electron chi connectivity index (χ1n) is 7.74. The first kappa shape index (κ1) is 15.7. The SMILES string of the molecule is Cc1ccc(C2CCCN2C(=O)c2cc(C(N)=O)cs2)cc1C. The molecule has 0 radical (unpaired) electrons. The Kier molecular flexibility index (Phi) is 4.22. The molecule has 0 aliphatic carbocycles. The number of hydrogen-bond donors (Lipinski definition) is 1. The fourth-order valence-electron chi connectivity index (χ4n) is 3.05. The second-order valence-electron chi connectivity index (χ2n) is 6.06. The summed E-state index contributed by atoms with van der Waals surface area (Å²) in [6, 6.07) is 8.12. The Labute approximate surface area is 139 Å². The summed E-state index contributed by atoms with van der Waals surface area (Å²) in [5.74, 6) is -0.504. The molecule has 1 aliphatic rings. The molecule has 3 rings (SSSR count). The number of aryl methyl sites for hydroxylation is 2. The maximum absolute atomic E-state index is 12.8. The number of nitrogens with two attached hydrogens (primary N) is 1. The molecule has 0 bridgehead atoms. The molecule has 1 saturated heterocycles. The number of likely N-dealkylation sites (tertiary alicyclic amines) is 1. The van der Waals surface area contributed by atoms with Gasteiger partial charge in [-0.25, -0.2) is 0 Å². The summed E-state index contributed by atoms with van der Waals surface area (Å²) in [5.41, 5.74) is 9.36. The first-order chi connectivity index (χ1) is 11.0. The van der Waals surface area contributed by atoms with Crippen LogP contribution in [0.3, 0.4) is 0 Å². The van der Waals surface area contributed by atoms with Crippen molar-refractivity contribution in [2.75, 3.05) is 6.54 Å². The van der Waals surface area contributed by atoms with Gasteiger partial charge in [0, 0.05) is 11.9 Å². The normalized spacial score (nSPS) is 17.5. The lowest BCUT2D eigenvalue weighted by atomic mass is 9.99. The number of carbonyl (C=O) groups is 2. The number of amides is 2. The average Bonchev–Trinajstić information content (AvgIpc) is 3.18. The third kappa shape index (κ3) is 3.01. The van der Waals surface area contributed by atoms with Gasteiger partial charge in [-0.2, -0.15) is 0 Å². The Balaban J connectivity index is 1.86. The maximum atomic E-state index is 12.8.